The monoisotopic (exact) mass is 397 g/mol. The minimum absolute atomic E-state index is 0. The van der Waals surface area contributed by atoms with Crippen molar-refractivity contribution in [2.24, 2.45) is 5.84 Å². The molecule has 0 atom stereocenters. The number of hydrazine groups is 1. The first-order valence-corrected chi connectivity index (χ1v) is 8.39. The van der Waals surface area contributed by atoms with Crippen molar-refractivity contribution in [3.63, 3.8) is 0 Å². The van der Waals surface area contributed by atoms with Crippen LogP contribution in [0.1, 0.15) is 28.9 Å². The number of carbonyl (C=O) groups is 1. The van der Waals surface area contributed by atoms with E-state index >= 15 is 0 Å². The molecule has 0 unspecified atom stereocenters. The summed E-state index contributed by atoms with van der Waals surface area (Å²) in [7, 11) is 0. The van der Waals surface area contributed by atoms with E-state index in [1.54, 1.807) is 12.1 Å². The lowest BCUT2D eigenvalue weighted by atomic mass is 9.95. The molecular formula is C18H18Cl3N3O. The molecular weight excluding hydrogens is 381 g/mol. The third-order valence-corrected chi connectivity index (χ3v) is 4.48. The van der Waals surface area contributed by atoms with Crippen LogP contribution in [0.3, 0.4) is 0 Å². The van der Waals surface area contributed by atoms with Crippen LogP contribution in [-0.4, -0.2) is 10.8 Å². The van der Waals surface area contributed by atoms with E-state index < -0.39 is 0 Å². The van der Waals surface area contributed by atoms with Crippen LogP contribution in [0.2, 0.25) is 10.0 Å². The van der Waals surface area contributed by atoms with Gasteiger partial charge in [0.15, 0.2) is 5.78 Å². The molecule has 0 aliphatic heterocycles. The number of nitrogens with one attached hydrogen (secondary N) is 2. The summed E-state index contributed by atoms with van der Waals surface area (Å²) >= 11 is 11.6. The molecule has 0 fully saturated rings. The number of aromatic nitrogens is 1. The van der Waals surface area contributed by atoms with Crippen LogP contribution in [0.15, 0.2) is 42.5 Å². The van der Waals surface area contributed by atoms with Gasteiger partial charge in [0.2, 0.25) is 0 Å². The molecule has 0 amide bonds. The number of benzene rings is 2. The number of H-pyrrole nitrogens is 1. The van der Waals surface area contributed by atoms with Crippen molar-refractivity contribution in [3.05, 3.63) is 63.8 Å². The second-order valence-corrected chi connectivity index (χ2v) is 6.47. The number of anilines is 1. The first-order valence-electron chi connectivity index (χ1n) is 7.64. The van der Waals surface area contributed by atoms with Crippen LogP contribution in [0.4, 0.5) is 5.69 Å². The van der Waals surface area contributed by atoms with Crippen LogP contribution in [0, 0.1) is 0 Å². The van der Waals surface area contributed by atoms with E-state index in [1.807, 2.05) is 30.3 Å². The number of nitrogen functional groups attached to an aromatic ring is 1. The first-order chi connectivity index (χ1) is 11.6. The van der Waals surface area contributed by atoms with Crippen molar-refractivity contribution in [2.75, 3.05) is 5.43 Å². The van der Waals surface area contributed by atoms with Crippen LogP contribution < -0.4 is 11.3 Å². The number of Topliss-reactive ketones (excluding diaryl/α,β-unsaturated/α-hetero) is 1. The van der Waals surface area contributed by atoms with Gasteiger partial charge >= 0.3 is 0 Å². The zero-order valence-corrected chi connectivity index (χ0v) is 15.6. The third kappa shape index (κ3) is 4.47. The number of aryl methyl sites for hydroxylation is 1. The van der Waals surface area contributed by atoms with Crippen molar-refractivity contribution < 1.29 is 4.79 Å². The van der Waals surface area contributed by atoms with Gasteiger partial charge in [0.25, 0.3) is 0 Å². The Kier molecular flexibility index (Phi) is 6.73. The van der Waals surface area contributed by atoms with Gasteiger partial charge in [-0.05, 0) is 60.9 Å². The summed E-state index contributed by atoms with van der Waals surface area (Å²) in [5, 5.41) is 2.54. The van der Waals surface area contributed by atoms with E-state index in [9.17, 15) is 4.79 Å². The van der Waals surface area contributed by atoms with Gasteiger partial charge in [-0.15, -0.1) is 12.4 Å². The smallest absolute Gasteiger partial charge is 0.179 e. The molecule has 4 nitrogen and oxygen atoms in total. The molecule has 0 saturated heterocycles. The fourth-order valence-electron chi connectivity index (χ4n) is 2.81. The number of rotatable bonds is 1. The Balaban J connectivity index is 0.000000196. The molecule has 25 heavy (non-hydrogen) atoms. The number of aromatic amines is 1. The minimum atomic E-state index is 0. The summed E-state index contributed by atoms with van der Waals surface area (Å²) in [4.78, 5) is 14.9. The Hall–Kier alpha value is -1.72. The Labute approximate surface area is 162 Å². The topological polar surface area (TPSA) is 70.9 Å². The second-order valence-electron chi connectivity index (χ2n) is 5.60. The quantitative estimate of drug-likeness (QED) is 0.380. The van der Waals surface area contributed by atoms with Crippen molar-refractivity contribution >= 4 is 58.0 Å². The van der Waals surface area contributed by atoms with Crippen molar-refractivity contribution in [3.8, 4) is 0 Å². The van der Waals surface area contributed by atoms with Gasteiger partial charge in [-0.1, -0.05) is 23.2 Å². The lowest BCUT2D eigenvalue weighted by Gasteiger charge is -2.09. The number of ketones is 1. The molecule has 3 aromatic rings. The zero-order chi connectivity index (χ0) is 17.1. The number of hydrogen-bond donors (Lipinski definition) is 3. The number of halogens is 3. The van der Waals surface area contributed by atoms with Gasteiger partial charge in [0.1, 0.15) is 0 Å². The third-order valence-electron chi connectivity index (χ3n) is 3.99. The van der Waals surface area contributed by atoms with Gasteiger partial charge in [-0.2, -0.15) is 0 Å². The van der Waals surface area contributed by atoms with Crippen molar-refractivity contribution in [1.82, 2.24) is 4.98 Å². The highest BCUT2D eigenvalue weighted by atomic mass is 35.5. The Morgan fingerprint density at radius 3 is 2.36 bits per heavy atom. The fraction of sp³-hybridized carbons (Fsp3) is 0.167. The highest BCUT2D eigenvalue weighted by Gasteiger charge is 2.21. The standard InChI is InChI=1S/C12H10ClNO.C6H7ClN2.ClH/c13-7-4-5-10-9(6-7)8-2-1-3-11(15)12(8)14-10;7-5-1-3-6(9-8)4-2-5;/h4-6,14H,1-3H2;1-4,9H,8H2;1H. The summed E-state index contributed by atoms with van der Waals surface area (Å²) in [5.74, 6) is 5.33. The van der Waals surface area contributed by atoms with Crippen molar-refractivity contribution in [1.29, 1.82) is 0 Å². The molecule has 4 N–H and O–H groups in total. The molecule has 0 spiro atoms. The van der Waals surface area contributed by atoms with E-state index in [0.29, 0.717) is 11.4 Å². The number of fused-ring (bicyclic) bond motifs is 3. The minimum Gasteiger partial charge on any atom is -0.352 e. The molecule has 2 aromatic carbocycles. The first kappa shape index (κ1) is 19.6. The molecule has 0 bridgehead atoms. The fourth-order valence-corrected chi connectivity index (χ4v) is 3.11. The molecule has 1 heterocycles. The van der Waals surface area contributed by atoms with Gasteiger partial charge in [0, 0.05) is 33.1 Å². The highest BCUT2D eigenvalue weighted by Crippen LogP contribution is 2.30. The van der Waals surface area contributed by atoms with E-state index in [-0.39, 0.29) is 18.2 Å². The van der Waals surface area contributed by atoms with Gasteiger partial charge in [0.05, 0.1) is 5.69 Å². The zero-order valence-electron chi connectivity index (χ0n) is 13.3. The number of carbonyl (C=O) groups excluding carboxylic acids is 1. The molecule has 4 rings (SSSR count). The summed E-state index contributed by atoms with van der Waals surface area (Å²) in [6.45, 7) is 0. The van der Waals surface area contributed by atoms with Gasteiger partial charge in [-0.3, -0.25) is 10.6 Å². The van der Waals surface area contributed by atoms with Crippen molar-refractivity contribution in [2.45, 2.75) is 19.3 Å². The second kappa shape index (κ2) is 8.59. The molecule has 0 radical (unpaired) electrons. The SMILES string of the molecule is Cl.NNc1ccc(Cl)cc1.O=C1CCCc2c1[nH]c1ccc(Cl)cc21. The van der Waals surface area contributed by atoms with Crippen LogP contribution in [0.5, 0.6) is 0 Å². The lowest BCUT2D eigenvalue weighted by molar-refractivity contribution is 0.0968. The summed E-state index contributed by atoms with van der Waals surface area (Å²) < 4.78 is 0. The van der Waals surface area contributed by atoms with Gasteiger partial charge in [-0.25, -0.2) is 0 Å². The summed E-state index contributed by atoms with van der Waals surface area (Å²) in [6, 6.07) is 12.9. The molecule has 1 aliphatic carbocycles. The molecule has 1 aliphatic rings. The Morgan fingerprint density at radius 1 is 1.00 bits per heavy atom. The average Bonchev–Trinajstić information content (AvgIpc) is 2.96. The van der Waals surface area contributed by atoms with Gasteiger partial charge < -0.3 is 10.4 Å². The Bertz CT molecular complexity index is 875. The largest absolute Gasteiger partial charge is 0.352 e. The summed E-state index contributed by atoms with van der Waals surface area (Å²) in [5.41, 5.74) is 6.30. The molecule has 1 aromatic heterocycles. The predicted octanol–water partition coefficient (Wildman–Crippen LogP) is 5.39. The normalized spacial score (nSPS) is 12.7. The van der Waals surface area contributed by atoms with E-state index in [4.69, 9.17) is 29.0 Å². The maximum Gasteiger partial charge on any atom is 0.179 e. The molecule has 0 saturated carbocycles. The van der Waals surface area contributed by atoms with Crippen LogP contribution in [0.25, 0.3) is 10.9 Å². The maximum atomic E-state index is 11.7. The van der Waals surface area contributed by atoms with Crippen LogP contribution >= 0.6 is 35.6 Å². The molecule has 132 valence electrons. The average molecular weight is 399 g/mol. The highest BCUT2D eigenvalue weighted by molar-refractivity contribution is 6.31. The predicted molar refractivity (Wildman–Crippen MR) is 107 cm³/mol. The number of hydrogen-bond acceptors (Lipinski definition) is 3. The van der Waals surface area contributed by atoms with E-state index in [2.05, 4.69) is 10.4 Å². The summed E-state index contributed by atoms with van der Waals surface area (Å²) in [6.07, 6.45) is 2.58. The van der Waals surface area contributed by atoms with Crippen LogP contribution in [-0.2, 0) is 6.42 Å². The van der Waals surface area contributed by atoms with E-state index in [0.717, 1.165) is 45.7 Å². The molecule has 7 heteroatoms. The maximum absolute atomic E-state index is 11.7. The number of nitrogens with two attached hydrogens (primary N) is 1. The lowest BCUT2D eigenvalue weighted by Crippen LogP contribution is -2.09. The Morgan fingerprint density at radius 2 is 1.68 bits per heavy atom. The van der Waals surface area contributed by atoms with E-state index in [1.165, 1.54) is 0 Å².